The third kappa shape index (κ3) is 7.63. The van der Waals surface area contributed by atoms with Gasteiger partial charge < -0.3 is 50.0 Å². The normalized spacial score (nSPS) is 39.5. The van der Waals surface area contributed by atoms with Crippen LogP contribution in [-0.2, 0) is 19.0 Å². The Morgan fingerprint density at radius 3 is 1.97 bits per heavy atom. The van der Waals surface area contributed by atoms with Crippen LogP contribution in [0.25, 0.3) is 0 Å². The van der Waals surface area contributed by atoms with Gasteiger partial charge in [-0.05, 0) is 6.42 Å². The lowest BCUT2D eigenvalue weighted by Crippen LogP contribution is -2.64. The van der Waals surface area contributed by atoms with Crippen LogP contribution in [0.4, 0.5) is 0 Å². The zero-order valence-corrected chi connectivity index (χ0v) is 19.1. The molecule has 2 aliphatic heterocycles. The molecule has 0 spiro atoms. The van der Waals surface area contributed by atoms with Gasteiger partial charge in [-0.3, -0.25) is 4.79 Å². The number of aliphatic hydroxyl groups is 7. The summed E-state index contributed by atoms with van der Waals surface area (Å²) < 4.78 is 16.4. The number of hydrogen-bond acceptors (Lipinski definition) is 11. The van der Waals surface area contributed by atoms with E-state index in [1.165, 1.54) is 6.42 Å². The molecule has 0 bridgehead atoms. The van der Waals surface area contributed by atoms with E-state index in [9.17, 15) is 40.5 Å². The highest BCUT2D eigenvalue weighted by molar-refractivity contribution is 5.78. The molecule has 194 valence electrons. The summed E-state index contributed by atoms with van der Waals surface area (Å²) in [6.45, 7) is 0.851. The summed E-state index contributed by atoms with van der Waals surface area (Å²) in [4.78, 5) is 12.3. The Morgan fingerprint density at radius 1 is 0.727 bits per heavy atom. The minimum atomic E-state index is -1.72. The van der Waals surface area contributed by atoms with E-state index in [4.69, 9.17) is 14.2 Å². The molecule has 2 saturated heterocycles. The molecule has 10 atom stereocenters. The first kappa shape index (κ1) is 28.5. The maximum absolute atomic E-state index is 12.3. The maximum atomic E-state index is 12.3. The minimum Gasteiger partial charge on any atom is -0.394 e. The summed E-state index contributed by atoms with van der Waals surface area (Å²) in [6.07, 6.45) is -8.04. The molecule has 11 heteroatoms. The molecule has 2 heterocycles. The number of hydrogen-bond donors (Lipinski definition) is 7. The standard InChI is InChI=1S/C22H40O11/c1-2-3-4-5-6-7-8-12(25)9-13-16(26)19(29)21(15(11-24)31-13)33-22-20(30)18(28)17(27)14(10-23)32-22/h13-24,26-30H,2-11H2,1H3/t13-,14+,15+,16-,17+,18-,19+,20+,21+,22-/m0/s1. The molecular weight excluding hydrogens is 440 g/mol. The van der Waals surface area contributed by atoms with Gasteiger partial charge in [-0.1, -0.05) is 39.0 Å². The molecule has 2 rings (SSSR count). The second kappa shape index (κ2) is 14.0. The Kier molecular flexibility index (Phi) is 12.1. The Morgan fingerprint density at radius 2 is 1.33 bits per heavy atom. The van der Waals surface area contributed by atoms with Gasteiger partial charge in [0.05, 0.1) is 19.3 Å². The van der Waals surface area contributed by atoms with Crippen molar-refractivity contribution in [2.24, 2.45) is 0 Å². The Hall–Kier alpha value is -0.730. The summed E-state index contributed by atoms with van der Waals surface area (Å²) in [5, 5.41) is 70.1. The Labute approximate surface area is 193 Å². The first-order chi connectivity index (χ1) is 15.7. The van der Waals surface area contributed by atoms with Crippen molar-refractivity contribution in [3.63, 3.8) is 0 Å². The molecule has 0 aromatic heterocycles. The first-order valence-corrected chi connectivity index (χ1v) is 11.8. The molecule has 0 aromatic carbocycles. The van der Waals surface area contributed by atoms with Gasteiger partial charge in [-0.15, -0.1) is 0 Å². The van der Waals surface area contributed by atoms with E-state index in [0.717, 1.165) is 32.1 Å². The highest BCUT2D eigenvalue weighted by Gasteiger charge is 2.50. The van der Waals surface area contributed by atoms with Gasteiger partial charge in [0, 0.05) is 12.8 Å². The van der Waals surface area contributed by atoms with E-state index >= 15 is 0 Å². The zero-order valence-electron chi connectivity index (χ0n) is 19.1. The topological polar surface area (TPSA) is 186 Å². The molecule has 0 unspecified atom stereocenters. The Balaban J connectivity index is 1.92. The van der Waals surface area contributed by atoms with Crippen LogP contribution in [0.3, 0.4) is 0 Å². The molecule has 2 fully saturated rings. The SMILES string of the molecule is CCCCCCCCC(=O)C[C@@H]1O[C@H](CO)[C@@H](O[C@@H]2O[C@H](CO)[C@@H](O)[C@H](O)[C@H]2O)[C@H](O)[C@H]1O. The van der Waals surface area contributed by atoms with Crippen molar-refractivity contribution in [3.8, 4) is 0 Å². The lowest BCUT2D eigenvalue weighted by Gasteiger charge is -2.46. The smallest absolute Gasteiger partial charge is 0.187 e. The van der Waals surface area contributed by atoms with Gasteiger partial charge in [0.1, 0.15) is 54.6 Å². The van der Waals surface area contributed by atoms with E-state index in [1.807, 2.05) is 0 Å². The van der Waals surface area contributed by atoms with Crippen molar-refractivity contribution in [1.82, 2.24) is 0 Å². The molecule has 7 N–H and O–H groups in total. The van der Waals surface area contributed by atoms with Crippen LogP contribution in [0.15, 0.2) is 0 Å². The second-order valence-electron chi connectivity index (χ2n) is 8.94. The summed E-state index contributed by atoms with van der Waals surface area (Å²) in [5.74, 6) is -0.119. The van der Waals surface area contributed by atoms with Gasteiger partial charge >= 0.3 is 0 Å². The number of unbranched alkanes of at least 4 members (excludes halogenated alkanes) is 5. The largest absolute Gasteiger partial charge is 0.394 e. The van der Waals surface area contributed by atoms with Gasteiger partial charge in [0.15, 0.2) is 6.29 Å². The maximum Gasteiger partial charge on any atom is 0.187 e. The minimum absolute atomic E-state index is 0.119. The predicted molar refractivity (Wildman–Crippen MR) is 114 cm³/mol. The average Bonchev–Trinajstić information content (AvgIpc) is 2.80. The number of Topliss-reactive ketones (excluding diaryl/α,β-unsaturated/α-hetero) is 1. The third-order valence-electron chi connectivity index (χ3n) is 6.34. The van der Waals surface area contributed by atoms with Crippen molar-refractivity contribution < 1.29 is 54.8 Å². The number of ether oxygens (including phenoxy) is 3. The lowest BCUT2D eigenvalue weighted by molar-refractivity contribution is -0.341. The van der Waals surface area contributed by atoms with Gasteiger partial charge in [-0.2, -0.15) is 0 Å². The van der Waals surface area contributed by atoms with Crippen LogP contribution in [0, 0.1) is 0 Å². The van der Waals surface area contributed by atoms with Crippen LogP contribution in [0.1, 0.15) is 58.3 Å². The van der Waals surface area contributed by atoms with Crippen LogP contribution in [-0.4, -0.2) is 116 Å². The van der Waals surface area contributed by atoms with Crippen molar-refractivity contribution in [3.05, 3.63) is 0 Å². The predicted octanol–water partition coefficient (Wildman–Crippen LogP) is -1.64. The van der Waals surface area contributed by atoms with Crippen LogP contribution < -0.4 is 0 Å². The average molecular weight is 481 g/mol. The van der Waals surface area contributed by atoms with Crippen molar-refractivity contribution in [2.75, 3.05) is 13.2 Å². The molecule has 0 amide bonds. The van der Waals surface area contributed by atoms with E-state index in [2.05, 4.69) is 6.92 Å². The molecular formula is C22H40O11. The summed E-state index contributed by atoms with van der Waals surface area (Å²) >= 11 is 0. The number of carbonyl (C=O) groups excluding carboxylic acids is 1. The fourth-order valence-electron chi connectivity index (χ4n) is 4.26. The van der Waals surface area contributed by atoms with Gasteiger partial charge in [-0.25, -0.2) is 0 Å². The molecule has 0 aliphatic carbocycles. The summed E-state index contributed by atoms with van der Waals surface area (Å²) in [5.41, 5.74) is 0. The van der Waals surface area contributed by atoms with Crippen LogP contribution in [0.5, 0.6) is 0 Å². The fraction of sp³-hybridized carbons (Fsp3) is 0.955. The Bertz CT molecular complexity index is 573. The van der Waals surface area contributed by atoms with E-state index in [-0.39, 0.29) is 12.2 Å². The number of rotatable bonds is 13. The third-order valence-corrected chi connectivity index (χ3v) is 6.34. The second-order valence-corrected chi connectivity index (χ2v) is 8.94. The molecule has 0 radical (unpaired) electrons. The van der Waals surface area contributed by atoms with Crippen molar-refractivity contribution >= 4 is 5.78 Å². The molecule has 0 aromatic rings. The van der Waals surface area contributed by atoms with Gasteiger partial charge in [0.25, 0.3) is 0 Å². The number of ketones is 1. The number of aliphatic hydroxyl groups excluding tert-OH is 7. The van der Waals surface area contributed by atoms with Crippen LogP contribution in [0.2, 0.25) is 0 Å². The van der Waals surface area contributed by atoms with E-state index < -0.39 is 74.4 Å². The first-order valence-electron chi connectivity index (χ1n) is 11.8. The highest BCUT2D eigenvalue weighted by atomic mass is 16.7. The van der Waals surface area contributed by atoms with E-state index in [1.54, 1.807) is 0 Å². The van der Waals surface area contributed by atoms with Crippen molar-refractivity contribution in [1.29, 1.82) is 0 Å². The lowest BCUT2D eigenvalue weighted by atomic mass is 9.91. The summed E-state index contributed by atoms with van der Waals surface area (Å²) in [6, 6.07) is 0. The quantitative estimate of drug-likeness (QED) is 0.150. The molecule has 2 aliphatic rings. The van der Waals surface area contributed by atoms with Crippen molar-refractivity contribution in [2.45, 2.75) is 120 Å². The molecule has 0 saturated carbocycles. The monoisotopic (exact) mass is 480 g/mol. The zero-order chi connectivity index (χ0) is 24.5. The molecule has 11 nitrogen and oxygen atoms in total. The van der Waals surface area contributed by atoms with Gasteiger partial charge in [0.2, 0.25) is 0 Å². The van der Waals surface area contributed by atoms with E-state index in [0.29, 0.717) is 6.42 Å². The number of carbonyl (C=O) groups is 1. The fourth-order valence-corrected chi connectivity index (χ4v) is 4.26. The molecule has 33 heavy (non-hydrogen) atoms. The van der Waals surface area contributed by atoms with Crippen LogP contribution >= 0.6 is 0 Å². The highest BCUT2D eigenvalue weighted by Crippen LogP contribution is 2.30. The summed E-state index contributed by atoms with van der Waals surface area (Å²) in [7, 11) is 0.